The van der Waals surface area contributed by atoms with E-state index in [0.717, 1.165) is 45.5 Å². The van der Waals surface area contributed by atoms with Gasteiger partial charge in [0, 0.05) is 19.7 Å². The summed E-state index contributed by atoms with van der Waals surface area (Å²) >= 11 is 0. The quantitative estimate of drug-likeness (QED) is 0.730. The molecule has 110 valence electrons. The van der Waals surface area contributed by atoms with Crippen LogP contribution in [0.1, 0.15) is 32.1 Å². The maximum atomic E-state index is 11.9. The summed E-state index contributed by atoms with van der Waals surface area (Å²) in [6.45, 7) is 4.84. The lowest BCUT2D eigenvalue weighted by Gasteiger charge is -2.32. The fraction of sp³-hybridized carbons (Fsp3) is 0.929. The third kappa shape index (κ3) is 5.09. The summed E-state index contributed by atoms with van der Waals surface area (Å²) in [6, 6.07) is 0. The molecule has 0 saturated carbocycles. The van der Waals surface area contributed by atoms with Crippen molar-refractivity contribution < 1.29 is 9.53 Å². The van der Waals surface area contributed by atoms with Crippen molar-refractivity contribution in [2.45, 2.75) is 38.2 Å². The Morgan fingerprint density at radius 1 is 1.37 bits per heavy atom. The van der Waals surface area contributed by atoms with Gasteiger partial charge in [0.15, 0.2) is 0 Å². The molecule has 2 rings (SSSR count). The average molecular weight is 269 g/mol. The second-order valence-electron chi connectivity index (χ2n) is 5.76. The number of rotatable bonds is 6. The Morgan fingerprint density at radius 3 is 3.00 bits per heavy atom. The summed E-state index contributed by atoms with van der Waals surface area (Å²) in [5, 5.41) is 2.99. The summed E-state index contributed by atoms with van der Waals surface area (Å²) in [7, 11) is 0. The van der Waals surface area contributed by atoms with Gasteiger partial charge in [-0.3, -0.25) is 9.69 Å². The number of carbonyl (C=O) groups is 1. The number of ether oxygens (including phenoxy) is 1. The van der Waals surface area contributed by atoms with Crippen LogP contribution in [0.5, 0.6) is 0 Å². The first-order valence-electron chi connectivity index (χ1n) is 7.58. The first kappa shape index (κ1) is 14.8. The molecule has 1 amide bonds. The zero-order chi connectivity index (χ0) is 13.5. The van der Waals surface area contributed by atoms with Crippen molar-refractivity contribution >= 4 is 5.91 Å². The minimum atomic E-state index is 0.129. The summed E-state index contributed by atoms with van der Waals surface area (Å²) in [6.07, 6.45) is 5.94. The summed E-state index contributed by atoms with van der Waals surface area (Å²) in [5.74, 6) is 0.800. The summed E-state index contributed by atoms with van der Waals surface area (Å²) < 4.78 is 5.50. The van der Waals surface area contributed by atoms with Gasteiger partial charge in [0.1, 0.15) is 0 Å². The summed E-state index contributed by atoms with van der Waals surface area (Å²) in [4.78, 5) is 14.2. The van der Waals surface area contributed by atoms with Crippen molar-refractivity contribution in [3.63, 3.8) is 0 Å². The minimum absolute atomic E-state index is 0.129. The van der Waals surface area contributed by atoms with E-state index in [4.69, 9.17) is 10.5 Å². The fourth-order valence-corrected chi connectivity index (χ4v) is 3.06. The van der Waals surface area contributed by atoms with Gasteiger partial charge in [-0.05, 0) is 51.1 Å². The number of hydrogen-bond donors (Lipinski definition) is 2. The molecule has 5 heteroatoms. The Morgan fingerprint density at radius 2 is 2.26 bits per heavy atom. The van der Waals surface area contributed by atoms with E-state index in [0.29, 0.717) is 19.0 Å². The third-order valence-electron chi connectivity index (χ3n) is 4.10. The number of nitrogens with zero attached hydrogens (tertiary/aromatic N) is 1. The Hall–Kier alpha value is -0.650. The lowest BCUT2D eigenvalue weighted by molar-refractivity contribution is -0.123. The van der Waals surface area contributed by atoms with Crippen LogP contribution >= 0.6 is 0 Å². The van der Waals surface area contributed by atoms with Crippen molar-refractivity contribution in [2.75, 3.05) is 39.3 Å². The van der Waals surface area contributed by atoms with Gasteiger partial charge in [0.2, 0.25) is 5.91 Å². The fourth-order valence-electron chi connectivity index (χ4n) is 3.06. The molecule has 0 aromatic rings. The number of likely N-dealkylation sites (tertiary alicyclic amines) is 1. The zero-order valence-electron chi connectivity index (χ0n) is 11.8. The van der Waals surface area contributed by atoms with Gasteiger partial charge >= 0.3 is 0 Å². The number of nitrogens with two attached hydrogens (primary N) is 1. The molecule has 2 aliphatic heterocycles. The van der Waals surface area contributed by atoms with Crippen LogP contribution in [0, 0.1) is 5.92 Å². The summed E-state index contributed by atoms with van der Waals surface area (Å²) in [5.41, 5.74) is 5.61. The zero-order valence-corrected chi connectivity index (χ0v) is 11.8. The van der Waals surface area contributed by atoms with Crippen molar-refractivity contribution in [2.24, 2.45) is 11.7 Å². The van der Waals surface area contributed by atoms with Crippen LogP contribution in [-0.2, 0) is 9.53 Å². The van der Waals surface area contributed by atoms with Crippen molar-refractivity contribution in [3.05, 3.63) is 0 Å². The molecule has 0 aromatic carbocycles. The molecule has 0 radical (unpaired) electrons. The highest BCUT2D eigenvalue weighted by molar-refractivity contribution is 5.78. The molecule has 3 N–H and O–H groups in total. The smallest absolute Gasteiger partial charge is 0.234 e. The largest absolute Gasteiger partial charge is 0.376 e. The predicted octanol–water partition coefficient (Wildman–Crippen LogP) is 0.342. The van der Waals surface area contributed by atoms with Gasteiger partial charge < -0.3 is 15.8 Å². The average Bonchev–Trinajstić information content (AvgIpc) is 2.90. The van der Waals surface area contributed by atoms with Crippen LogP contribution in [0.4, 0.5) is 0 Å². The lowest BCUT2D eigenvalue weighted by Crippen LogP contribution is -2.44. The molecule has 2 fully saturated rings. The molecule has 2 unspecified atom stereocenters. The molecule has 2 heterocycles. The minimum Gasteiger partial charge on any atom is -0.376 e. The van der Waals surface area contributed by atoms with Crippen LogP contribution in [0.2, 0.25) is 0 Å². The molecule has 5 nitrogen and oxygen atoms in total. The van der Waals surface area contributed by atoms with Crippen molar-refractivity contribution in [1.29, 1.82) is 0 Å². The van der Waals surface area contributed by atoms with Gasteiger partial charge in [-0.1, -0.05) is 0 Å². The topological polar surface area (TPSA) is 67.6 Å². The molecule has 0 aliphatic carbocycles. The third-order valence-corrected chi connectivity index (χ3v) is 4.10. The SMILES string of the molecule is NCCC1CCCN(CC(=O)NCC2CCCO2)C1. The highest BCUT2D eigenvalue weighted by Gasteiger charge is 2.22. The van der Waals surface area contributed by atoms with Crippen molar-refractivity contribution in [1.82, 2.24) is 10.2 Å². The van der Waals surface area contributed by atoms with Gasteiger partial charge in [-0.25, -0.2) is 0 Å². The number of carbonyl (C=O) groups excluding carboxylic acids is 1. The van der Waals surface area contributed by atoms with E-state index in [-0.39, 0.29) is 12.0 Å². The number of piperidine rings is 1. The standard InChI is InChI=1S/C14H27N3O2/c15-6-5-12-3-1-7-17(10-12)11-14(18)16-9-13-4-2-8-19-13/h12-13H,1-11,15H2,(H,16,18). The van der Waals surface area contributed by atoms with Crippen LogP contribution in [0.3, 0.4) is 0 Å². The second-order valence-corrected chi connectivity index (χ2v) is 5.76. The predicted molar refractivity (Wildman–Crippen MR) is 74.8 cm³/mol. The molecule has 2 saturated heterocycles. The monoisotopic (exact) mass is 269 g/mol. The van der Waals surface area contributed by atoms with E-state index in [9.17, 15) is 4.79 Å². The van der Waals surface area contributed by atoms with Gasteiger partial charge in [-0.15, -0.1) is 0 Å². The Kier molecular flexibility index (Phi) is 6.07. The molecular formula is C14H27N3O2. The highest BCUT2D eigenvalue weighted by atomic mass is 16.5. The van der Waals surface area contributed by atoms with Crippen LogP contribution in [0.15, 0.2) is 0 Å². The normalized spacial score (nSPS) is 28.5. The maximum Gasteiger partial charge on any atom is 0.234 e. The van der Waals surface area contributed by atoms with Gasteiger partial charge in [0.05, 0.1) is 12.6 Å². The lowest BCUT2D eigenvalue weighted by atomic mass is 9.95. The van der Waals surface area contributed by atoms with E-state index in [2.05, 4.69) is 10.2 Å². The maximum absolute atomic E-state index is 11.9. The van der Waals surface area contributed by atoms with Gasteiger partial charge in [-0.2, -0.15) is 0 Å². The highest BCUT2D eigenvalue weighted by Crippen LogP contribution is 2.18. The molecule has 0 spiro atoms. The number of nitrogens with one attached hydrogen (secondary N) is 1. The first-order valence-corrected chi connectivity index (χ1v) is 7.58. The molecule has 0 aromatic heterocycles. The van der Waals surface area contributed by atoms with Gasteiger partial charge in [0.25, 0.3) is 0 Å². The van der Waals surface area contributed by atoms with E-state index < -0.39 is 0 Å². The number of amides is 1. The Labute approximate surface area is 115 Å². The van der Waals surface area contributed by atoms with E-state index in [1.165, 1.54) is 12.8 Å². The Bertz CT molecular complexity index is 278. The van der Waals surface area contributed by atoms with E-state index >= 15 is 0 Å². The number of hydrogen-bond acceptors (Lipinski definition) is 4. The molecule has 2 aliphatic rings. The molecular weight excluding hydrogens is 242 g/mol. The first-order chi connectivity index (χ1) is 9.28. The molecule has 0 bridgehead atoms. The van der Waals surface area contributed by atoms with Crippen LogP contribution < -0.4 is 11.1 Å². The molecule has 19 heavy (non-hydrogen) atoms. The Balaban J connectivity index is 1.63. The van der Waals surface area contributed by atoms with E-state index in [1.54, 1.807) is 0 Å². The van der Waals surface area contributed by atoms with Crippen LogP contribution in [-0.4, -0.2) is 56.2 Å². The second kappa shape index (κ2) is 7.82. The van der Waals surface area contributed by atoms with E-state index in [1.807, 2.05) is 0 Å². The van der Waals surface area contributed by atoms with Crippen LogP contribution in [0.25, 0.3) is 0 Å². The molecule has 2 atom stereocenters. The van der Waals surface area contributed by atoms with Crippen molar-refractivity contribution in [3.8, 4) is 0 Å².